The first-order valence-electron chi connectivity index (χ1n) is 7.64. The summed E-state index contributed by atoms with van der Waals surface area (Å²) in [5.41, 5.74) is 1.56. The van der Waals surface area contributed by atoms with Crippen molar-refractivity contribution in [2.45, 2.75) is 26.5 Å². The second-order valence-electron chi connectivity index (χ2n) is 5.51. The Morgan fingerprint density at radius 2 is 1.52 bits per heavy atom. The first-order chi connectivity index (χ1) is 11.1. The van der Waals surface area contributed by atoms with E-state index in [1.54, 1.807) is 26.0 Å². The highest BCUT2D eigenvalue weighted by Gasteiger charge is 2.23. The number of ketones is 1. The molecule has 4 heteroatoms. The largest absolute Gasteiger partial charge is 0.445 e. The highest BCUT2D eigenvalue weighted by atomic mass is 16.5. The fourth-order valence-electron chi connectivity index (χ4n) is 2.17. The number of hydrogen-bond donors (Lipinski definition) is 1. The zero-order chi connectivity index (χ0) is 16.7. The molecule has 0 radical (unpaired) electrons. The average Bonchev–Trinajstić information content (AvgIpc) is 2.60. The molecule has 0 aliphatic carbocycles. The lowest BCUT2D eigenvalue weighted by Gasteiger charge is -2.20. The van der Waals surface area contributed by atoms with Crippen LogP contribution in [-0.2, 0) is 11.3 Å². The van der Waals surface area contributed by atoms with Crippen LogP contribution in [0, 0.1) is 5.92 Å². The molecule has 1 N–H and O–H groups in total. The molecule has 0 saturated heterocycles. The highest BCUT2D eigenvalue weighted by molar-refractivity contribution is 5.98. The minimum absolute atomic E-state index is 0.00135. The molecule has 2 unspecified atom stereocenters. The molecular weight excluding hydrogens is 290 g/mol. The molecule has 23 heavy (non-hydrogen) atoms. The van der Waals surface area contributed by atoms with Crippen molar-refractivity contribution >= 4 is 11.9 Å². The SMILES string of the molecule is CC(NC(=O)OCc1ccccc1)C(C)C(=O)c1ccccc1. The van der Waals surface area contributed by atoms with Crippen molar-refractivity contribution in [3.05, 3.63) is 71.8 Å². The Labute approximate surface area is 136 Å². The van der Waals surface area contributed by atoms with Crippen LogP contribution in [0.4, 0.5) is 4.79 Å². The molecule has 1 amide bonds. The summed E-state index contributed by atoms with van der Waals surface area (Å²) in [6.07, 6.45) is -0.519. The van der Waals surface area contributed by atoms with Gasteiger partial charge in [-0.3, -0.25) is 4.79 Å². The fourth-order valence-corrected chi connectivity index (χ4v) is 2.17. The monoisotopic (exact) mass is 311 g/mol. The van der Waals surface area contributed by atoms with E-state index in [1.165, 1.54) is 0 Å². The van der Waals surface area contributed by atoms with E-state index in [-0.39, 0.29) is 24.3 Å². The van der Waals surface area contributed by atoms with E-state index in [1.807, 2.05) is 48.5 Å². The Bertz CT molecular complexity index is 640. The predicted octanol–water partition coefficient (Wildman–Crippen LogP) is 3.82. The molecule has 0 aliphatic heterocycles. The molecule has 0 aliphatic rings. The van der Waals surface area contributed by atoms with E-state index in [0.717, 1.165) is 5.56 Å². The number of hydrogen-bond acceptors (Lipinski definition) is 3. The number of carbonyl (C=O) groups excluding carboxylic acids is 2. The van der Waals surface area contributed by atoms with Gasteiger partial charge < -0.3 is 10.1 Å². The molecule has 2 aromatic rings. The third-order valence-corrected chi connectivity index (χ3v) is 3.78. The van der Waals surface area contributed by atoms with Crippen LogP contribution in [0.15, 0.2) is 60.7 Å². The molecular formula is C19H21NO3. The average molecular weight is 311 g/mol. The standard InChI is InChI=1S/C19H21NO3/c1-14(18(21)17-11-7-4-8-12-17)15(2)20-19(22)23-13-16-9-5-3-6-10-16/h3-12,14-15H,13H2,1-2H3,(H,20,22). The van der Waals surface area contributed by atoms with Gasteiger partial charge in [0.25, 0.3) is 0 Å². The second kappa shape index (κ2) is 8.13. The molecule has 0 heterocycles. The zero-order valence-corrected chi connectivity index (χ0v) is 13.4. The lowest BCUT2D eigenvalue weighted by atomic mass is 9.93. The van der Waals surface area contributed by atoms with Crippen molar-refractivity contribution in [2.75, 3.05) is 0 Å². The molecule has 4 nitrogen and oxygen atoms in total. The Hall–Kier alpha value is -2.62. The summed E-state index contributed by atoms with van der Waals surface area (Å²) in [5, 5.41) is 2.72. The highest BCUT2D eigenvalue weighted by Crippen LogP contribution is 2.12. The third kappa shape index (κ3) is 4.95. The van der Waals surface area contributed by atoms with Crippen molar-refractivity contribution in [3.8, 4) is 0 Å². The molecule has 2 aromatic carbocycles. The summed E-state index contributed by atoms with van der Waals surface area (Å²) in [5.74, 6) is -0.330. The van der Waals surface area contributed by atoms with Crippen LogP contribution in [0.2, 0.25) is 0 Å². The Morgan fingerprint density at radius 3 is 2.13 bits per heavy atom. The van der Waals surface area contributed by atoms with Crippen LogP contribution in [-0.4, -0.2) is 17.9 Å². The number of Topliss-reactive ketones (excluding diaryl/α,β-unsaturated/α-hetero) is 1. The van der Waals surface area contributed by atoms with Crippen LogP contribution in [0.5, 0.6) is 0 Å². The van der Waals surface area contributed by atoms with Crippen molar-refractivity contribution in [1.29, 1.82) is 0 Å². The molecule has 120 valence electrons. The van der Waals surface area contributed by atoms with Crippen molar-refractivity contribution in [1.82, 2.24) is 5.32 Å². The maximum Gasteiger partial charge on any atom is 0.407 e. The van der Waals surface area contributed by atoms with Crippen molar-refractivity contribution in [3.63, 3.8) is 0 Å². The van der Waals surface area contributed by atoms with Gasteiger partial charge in [-0.1, -0.05) is 67.6 Å². The molecule has 2 rings (SSSR count). The van der Waals surface area contributed by atoms with E-state index in [0.29, 0.717) is 5.56 Å². The van der Waals surface area contributed by atoms with Gasteiger partial charge in [0, 0.05) is 17.5 Å². The molecule has 0 saturated carbocycles. The van der Waals surface area contributed by atoms with Gasteiger partial charge in [0.1, 0.15) is 6.61 Å². The minimum Gasteiger partial charge on any atom is -0.445 e. The Balaban J connectivity index is 1.84. The maximum atomic E-state index is 12.4. The molecule has 0 bridgehead atoms. The van der Waals surface area contributed by atoms with Gasteiger partial charge in [0.05, 0.1) is 0 Å². The number of rotatable bonds is 6. The van der Waals surface area contributed by atoms with E-state index < -0.39 is 6.09 Å². The normalized spacial score (nSPS) is 13.0. The first kappa shape index (κ1) is 16.7. The first-order valence-corrected chi connectivity index (χ1v) is 7.64. The van der Waals surface area contributed by atoms with E-state index in [2.05, 4.69) is 5.32 Å². The molecule has 0 fully saturated rings. The van der Waals surface area contributed by atoms with E-state index in [9.17, 15) is 9.59 Å². The molecule has 2 atom stereocenters. The van der Waals surface area contributed by atoms with Crippen LogP contribution >= 0.6 is 0 Å². The van der Waals surface area contributed by atoms with E-state index in [4.69, 9.17) is 4.74 Å². The van der Waals surface area contributed by atoms with Gasteiger partial charge >= 0.3 is 6.09 Å². The van der Waals surface area contributed by atoms with Gasteiger partial charge in [-0.25, -0.2) is 4.79 Å². The van der Waals surface area contributed by atoms with Crippen LogP contribution in [0.3, 0.4) is 0 Å². The summed E-state index contributed by atoms with van der Waals surface area (Å²) < 4.78 is 5.17. The smallest absolute Gasteiger partial charge is 0.407 e. The summed E-state index contributed by atoms with van der Waals surface area (Å²) in [6.45, 7) is 3.81. The summed E-state index contributed by atoms with van der Waals surface area (Å²) in [7, 11) is 0. The number of amides is 1. The summed E-state index contributed by atoms with van der Waals surface area (Å²) in [6, 6.07) is 18.2. The zero-order valence-electron chi connectivity index (χ0n) is 13.4. The van der Waals surface area contributed by atoms with Gasteiger partial charge in [-0.15, -0.1) is 0 Å². The van der Waals surface area contributed by atoms with Crippen LogP contribution < -0.4 is 5.32 Å². The number of alkyl carbamates (subject to hydrolysis) is 1. The van der Waals surface area contributed by atoms with E-state index >= 15 is 0 Å². The third-order valence-electron chi connectivity index (χ3n) is 3.78. The Kier molecular flexibility index (Phi) is 5.92. The van der Waals surface area contributed by atoms with Crippen molar-refractivity contribution < 1.29 is 14.3 Å². The number of ether oxygens (including phenoxy) is 1. The predicted molar refractivity (Wildman–Crippen MR) is 89.2 cm³/mol. The number of benzene rings is 2. The Morgan fingerprint density at radius 1 is 0.957 bits per heavy atom. The minimum atomic E-state index is -0.519. The van der Waals surface area contributed by atoms with Gasteiger partial charge in [-0.2, -0.15) is 0 Å². The number of carbonyl (C=O) groups is 2. The summed E-state index contributed by atoms with van der Waals surface area (Å²) >= 11 is 0. The van der Waals surface area contributed by atoms with Crippen molar-refractivity contribution in [2.24, 2.45) is 5.92 Å². The summed E-state index contributed by atoms with van der Waals surface area (Å²) in [4.78, 5) is 24.2. The lowest BCUT2D eigenvalue weighted by molar-refractivity contribution is 0.0898. The van der Waals surface area contributed by atoms with Crippen LogP contribution in [0.25, 0.3) is 0 Å². The van der Waals surface area contributed by atoms with Gasteiger partial charge in [0.15, 0.2) is 5.78 Å². The molecule has 0 spiro atoms. The van der Waals surface area contributed by atoms with Gasteiger partial charge in [0.2, 0.25) is 0 Å². The van der Waals surface area contributed by atoms with Gasteiger partial charge in [-0.05, 0) is 12.5 Å². The lowest BCUT2D eigenvalue weighted by Crippen LogP contribution is -2.40. The molecule has 0 aromatic heterocycles. The second-order valence-corrected chi connectivity index (χ2v) is 5.51. The maximum absolute atomic E-state index is 12.4. The topological polar surface area (TPSA) is 55.4 Å². The number of nitrogens with one attached hydrogen (secondary N) is 1. The quantitative estimate of drug-likeness (QED) is 0.825. The fraction of sp³-hybridized carbons (Fsp3) is 0.263. The van der Waals surface area contributed by atoms with Crippen LogP contribution in [0.1, 0.15) is 29.8 Å².